The summed E-state index contributed by atoms with van der Waals surface area (Å²) in [6.45, 7) is 0.778. The van der Waals surface area contributed by atoms with Gasteiger partial charge in [-0.2, -0.15) is 13.2 Å². The van der Waals surface area contributed by atoms with Crippen LogP contribution in [0.25, 0.3) is 0 Å². The maximum Gasteiger partial charge on any atom is 0.419 e. The molecule has 0 aliphatic heterocycles. The first-order chi connectivity index (χ1) is 9.62. The molecule has 0 amide bonds. The highest BCUT2D eigenvalue weighted by atomic mass is 19.4. The molecule has 4 nitrogen and oxygen atoms in total. The highest BCUT2D eigenvalue weighted by molar-refractivity contribution is 5.75. The number of hydrogen-bond donors (Lipinski definition) is 2. The molecule has 1 aromatic rings. The van der Waals surface area contributed by atoms with Crippen LogP contribution in [0.4, 0.5) is 17.6 Å². The predicted molar refractivity (Wildman–Crippen MR) is 68.3 cm³/mol. The molecule has 21 heavy (non-hydrogen) atoms. The Bertz CT molecular complexity index is 503. The first kappa shape index (κ1) is 17.4. The number of aliphatic carboxylic acids is 1. The second-order valence-electron chi connectivity index (χ2n) is 4.77. The van der Waals surface area contributed by atoms with Crippen molar-refractivity contribution in [1.82, 2.24) is 10.2 Å². The molecule has 0 fully saturated rings. The topological polar surface area (TPSA) is 52.6 Å². The molecule has 0 radical (unpaired) electrons. The number of carbonyl (C=O) groups is 1. The smallest absolute Gasteiger partial charge is 0.419 e. The minimum Gasteiger partial charge on any atom is -0.480 e. The van der Waals surface area contributed by atoms with Crippen LogP contribution >= 0.6 is 0 Å². The first-order valence-electron chi connectivity index (χ1n) is 6.10. The van der Waals surface area contributed by atoms with Gasteiger partial charge in [-0.1, -0.05) is 6.07 Å². The molecule has 0 aliphatic rings. The molecule has 2 N–H and O–H groups in total. The number of carboxylic acids is 1. The highest BCUT2D eigenvalue weighted by Gasteiger charge is 2.35. The van der Waals surface area contributed by atoms with Crippen LogP contribution in [0.15, 0.2) is 18.2 Å². The SMILES string of the molecule is CN(C)CCNC(C(=O)O)c1ccc(F)c(C(F)(F)F)c1. The standard InChI is InChI=1S/C13H16F4N2O2/c1-19(2)6-5-18-11(12(20)21)8-3-4-10(14)9(7-8)13(15,16)17/h3-4,7,11,18H,5-6H2,1-2H3,(H,20,21). The van der Waals surface area contributed by atoms with Crippen LogP contribution in [-0.2, 0) is 11.0 Å². The Hall–Kier alpha value is -1.67. The quantitative estimate of drug-likeness (QED) is 0.791. The van der Waals surface area contributed by atoms with E-state index in [9.17, 15) is 22.4 Å². The lowest BCUT2D eigenvalue weighted by molar-refractivity contribution is -0.141. The minimum atomic E-state index is -4.87. The van der Waals surface area contributed by atoms with Gasteiger partial charge in [0.15, 0.2) is 0 Å². The van der Waals surface area contributed by atoms with Crippen molar-refractivity contribution in [1.29, 1.82) is 0 Å². The zero-order valence-corrected chi connectivity index (χ0v) is 11.5. The summed E-state index contributed by atoms with van der Waals surface area (Å²) in [5.74, 6) is -2.75. The number of nitrogens with one attached hydrogen (secondary N) is 1. The number of benzene rings is 1. The van der Waals surface area contributed by atoms with E-state index in [0.29, 0.717) is 18.7 Å². The maximum absolute atomic E-state index is 13.2. The Kier molecular flexibility index (Phi) is 5.68. The van der Waals surface area contributed by atoms with Crippen LogP contribution in [0, 0.1) is 5.82 Å². The van der Waals surface area contributed by atoms with E-state index in [-0.39, 0.29) is 12.1 Å². The number of halogens is 4. The van der Waals surface area contributed by atoms with Gasteiger partial charge in [0, 0.05) is 13.1 Å². The van der Waals surface area contributed by atoms with Crippen molar-refractivity contribution >= 4 is 5.97 Å². The minimum absolute atomic E-state index is 0.144. The molecule has 1 aromatic carbocycles. The number of carboxylic acid groups (broad SMARTS) is 1. The van der Waals surface area contributed by atoms with E-state index in [1.807, 2.05) is 0 Å². The van der Waals surface area contributed by atoms with Crippen LogP contribution in [0.1, 0.15) is 17.2 Å². The van der Waals surface area contributed by atoms with Gasteiger partial charge in [0.2, 0.25) is 0 Å². The highest BCUT2D eigenvalue weighted by Crippen LogP contribution is 2.33. The van der Waals surface area contributed by atoms with E-state index in [1.165, 1.54) is 0 Å². The zero-order chi connectivity index (χ0) is 16.2. The molecule has 1 rings (SSSR count). The van der Waals surface area contributed by atoms with E-state index in [4.69, 9.17) is 5.11 Å². The molecule has 0 aliphatic carbocycles. The molecule has 0 spiro atoms. The fourth-order valence-electron chi connectivity index (χ4n) is 1.72. The average Bonchev–Trinajstić information content (AvgIpc) is 2.33. The first-order valence-corrected chi connectivity index (χ1v) is 6.10. The van der Waals surface area contributed by atoms with E-state index < -0.39 is 29.6 Å². The summed E-state index contributed by atoms with van der Waals surface area (Å²) >= 11 is 0. The van der Waals surface area contributed by atoms with Crippen molar-refractivity contribution in [2.45, 2.75) is 12.2 Å². The van der Waals surface area contributed by atoms with Crippen molar-refractivity contribution < 1.29 is 27.5 Å². The van der Waals surface area contributed by atoms with Gasteiger partial charge < -0.3 is 10.0 Å². The summed E-state index contributed by atoms with van der Waals surface area (Å²) in [7, 11) is 3.55. The Morgan fingerprint density at radius 2 is 2.00 bits per heavy atom. The molecule has 1 atom stereocenters. The van der Waals surface area contributed by atoms with Gasteiger partial charge in [0.1, 0.15) is 11.9 Å². The van der Waals surface area contributed by atoms with E-state index >= 15 is 0 Å². The average molecular weight is 308 g/mol. The number of hydrogen-bond acceptors (Lipinski definition) is 3. The van der Waals surface area contributed by atoms with Crippen molar-refractivity contribution in [2.75, 3.05) is 27.2 Å². The molecule has 0 saturated heterocycles. The van der Waals surface area contributed by atoms with Crippen molar-refractivity contribution in [3.63, 3.8) is 0 Å². The summed E-state index contributed by atoms with van der Waals surface area (Å²) in [6.07, 6.45) is -4.87. The molecular weight excluding hydrogens is 292 g/mol. The normalized spacial score (nSPS) is 13.5. The van der Waals surface area contributed by atoms with Gasteiger partial charge in [-0.25, -0.2) is 4.39 Å². The van der Waals surface area contributed by atoms with Crippen molar-refractivity contribution in [3.8, 4) is 0 Å². The van der Waals surface area contributed by atoms with Crippen LogP contribution in [0.2, 0.25) is 0 Å². The van der Waals surface area contributed by atoms with Gasteiger partial charge in [-0.3, -0.25) is 10.1 Å². The predicted octanol–water partition coefficient (Wildman–Crippen LogP) is 2.12. The van der Waals surface area contributed by atoms with Gasteiger partial charge in [0.05, 0.1) is 5.56 Å². The Labute approximate surface area is 119 Å². The van der Waals surface area contributed by atoms with E-state index in [0.717, 1.165) is 6.07 Å². The summed E-state index contributed by atoms with van der Waals surface area (Å²) in [6, 6.07) is 0.858. The third-order valence-corrected chi connectivity index (χ3v) is 2.78. The number of rotatable bonds is 6. The summed E-state index contributed by atoms with van der Waals surface area (Å²) in [4.78, 5) is 13.0. The fraction of sp³-hybridized carbons (Fsp3) is 0.462. The molecule has 0 saturated carbocycles. The Morgan fingerprint density at radius 1 is 1.38 bits per heavy atom. The lowest BCUT2D eigenvalue weighted by Gasteiger charge is -2.18. The summed E-state index contributed by atoms with van der Waals surface area (Å²) in [5.41, 5.74) is -1.62. The van der Waals surface area contributed by atoms with E-state index in [1.54, 1.807) is 19.0 Å². The van der Waals surface area contributed by atoms with Crippen LogP contribution in [0.5, 0.6) is 0 Å². The molecule has 1 unspecified atom stereocenters. The van der Waals surface area contributed by atoms with Gasteiger partial charge >= 0.3 is 12.1 Å². The number of alkyl halides is 3. The second kappa shape index (κ2) is 6.86. The van der Waals surface area contributed by atoms with Crippen LogP contribution in [-0.4, -0.2) is 43.2 Å². The zero-order valence-electron chi connectivity index (χ0n) is 11.5. The fourth-order valence-corrected chi connectivity index (χ4v) is 1.72. The lowest BCUT2D eigenvalue weighted by Crippen LogP contribution is -2.34. The molecule has 0 bridgehead atoms. The van der Waals surface area contributed by atoms with E-state index in [2.05, 4.69) is 5.32 Å². The summed E-state index contributed by atoms with van der Waals surface area (Å²) in [5, 5.41) is 11.7. The Balaban J connectivity index is 3.01. The molecule has 8 heteroatoms. The molecule has 118 valence electrons. The monoisotopic (exact) mass is 308 g/mol. The number of nitrogens with zero attached hydrogens (tertiary/aromatic N) is 1. The molecule has 0 heterocycles. The van der Waals surface area contributed by atoms with Crippen molar-refractivity contribution in [2.24, 2.45) is 0 Å². The Morgan fingerprint density at radius 3 is 2.48 bits per heavy atom. The molecule has 0 aromatic heterocycles. The third-order valence-electron chi connectivity index (χ3n) is 2.78. The third kappa shape index (κ3) is 4.98. The maximum atomic E-state index is 13.2. The summed E-state index contributed by atoms with van der Waals surface area (Å²) < 4.78 is 51.1. The second-order valence-corrected chi connectivity index (χ2v) is 4.77. The van der Waals surface area contributed by atoms with Gasteiger partial charge in [0.25, 0.3) is 0 Å². The van der Waals surface area contributed by atoms with Gasteiger partial charge in [-0.15, -0.1) is 0 Å². The largest absolute Gasteiger partial charge is 0.480 e. The van der Waals surface area contributed by atoms with Crippen molar-refractivity contribution in [3.05, 3.63) is 35.1 Å². The van der Waals surface area contributed by atoms with Crippen LogP contribution < -0.4 is 5.32 Å². The van der Waals surface area contributed by atoms with Gasteiger partial charge in [-0.05, 0) is 31.8 Å². The number of likely N-dealkylation sites (N-methyl/N-ethyl adjacent to an activating group) is 1. The molecular formula is C13H16F4N2O2. The lowest BCUT2D eigenvalue weighted by atomic mass is 10.0. The van der Waals surface area contributed by atoms with Crippen LogP contribution in [0.3, 0.4) is 0 Å².